The van der Waals surface area contributed by atoms with Gasteiger partial charge in [0.05, 0.1) is 16.1 Å². The van der Waals surface area contributed by atoms with Gasteiger partial charge in [-0.1, -0.05) is 29.3 Å². The van der Waals surface area contributed by atoms with Crippen LogP contribution >= 0.6 is 23.2 Å². The molecular formula is C13H14Cl2O2. The van der Waals surface area contributed by atoms with Gasteiger partial charge in [0, 0.05) is 19.4 Å². The van der Waals surface area contributed by atoms with Crippen molar-refractivity contribution in [2.45, 2.75) is 31.8 Å². The lowest BCUT2D eigenvalue weighted by atomic mass is 10.0. The molecule has 1 heterocycles. The van der Waals surface area contributed by atoms with Crippen LogP contribution in [0.5, 0.6) is 0 Å². The van der Waals surface area contributed by atoms with Gasteiger partial charge in [0.1, 0.15) is 5.78 Å². The normalized spacial score (nSPS) is 19.5. The van der Waals surface area contributed by atoms with Crippen molar-refractivity contribution < 1.29 is 9.53 Å². The van der Waals surface area contributed by atoms with Crippen LogP contribution in [0.1, 0.15) is 24.8 Å². The Hall–Kier alpha value is -0.570. The second-order valence-electron chi connectivity index (χ2n) is 4.30. The smallest absolute Gasteiger partial charge is 0.139 e. The second-order valence-corrected chi connectivity index (χ2v) is 5.12. The molecule has 92 valence electrons. The molecule has 0 aliphatic carbocycles. The molecule has 0 radical (unpaired) electrons. The molecule has 0 aromatic heterocycles. The Balaban J connectivity index is 1.90. The number of ketones is 1. The largest absolute Gasteiger partial charge is 0.378 e. The Morgan fingerprint density at radius 3 is 2.82 bits per heavy atom. The number of ether oxygens (including phenoxy) is 1. The van der Waals surface area contributed by atoms with E-state index in [4.69, 9.17) is 27.9 Å². The van der Waals surface area contributed by atoms with Crippen LogP contribution in [-0.2, 0) is 16.0 Å². The maximum absolute atomic E-state index is 11.8. The topological polar surface area (TPSA) is 26.3 Å². The van der Waals surface area contributed by atoms with Crippen LogP contribution in [-0.4, -0.2) is 18.5 Å². The van der Waals surface area contributed by atoms with Crippen LogP contribution in [0.4, 0.5) is 0 Å². The molecular weight excluding hydrogens is 259 g/mol. The summed E-state index contributed by atoms with van der Waals surface area (Å²) in [5, 5.41) is 1.01. The Bertz CT molecular complexity index is 412. The van der Waals surface area contributed by atoms with Gasteiger partial charge in [-0.3, -0.25) is 4.79 Å². The fourth-order valence-electron chi connectivity index (χ4n) is 2.01. The summed E-state index contributed by atoms with van der Waals surface area (Å²) in [5.74, 6) is 0.190. The fourth-order valence-corrected chi connectivity index (χ4v) is 2.33. The molecule has 1 unspecified atom stereocenters. The van der Waals surface area contributed by atoms with Crippen molar-refractivity contribution in [3.63, 3.8) is 0 Å². The van der Waals surface area contributed by atoms with E-state index in [1.807, 2.05) is 6.07 Å². The molecule has 0 N–H and O–H groups in total. The molecule has 0 saturated carbocycles. The molecule has 0 amide bonds. The number of rotatable bonds is 4. The van der Waals surface area contributed by atoms with Gasteiger partial charge < -0.3 is 4.74 Å². The summed E-state index contributed by atoms with van der Waals surface area (Å²) in [6.45, 7) is 0.782. The van der Waals surface area contributed by atoms with Crippen molar-refractivity contribution in [2.75, 3.05) is 6.61 Å². The molecule has 1 aliphatic heterocycles. The first kappa shape index (κ1) is 12.9. The van der Waals surface area contributed by atoms with Crippen molar-refractivity contribution in [3.8, 4) is 0 Å². The van der Waals surface area contributed by atoms with Gasteiger partial charge in [-0.05, 0) is 30.5 Å². The van der Waals surface area contributed by atoms with E-state index in [1.54, 1.807) is 12.1 Å². The first-order valence-electron chi connectivity index (χ1n) is 5.72. The maximum atomic E-state index is 11.8. The van der Waals surface area contributed by atoms with Gasteiger partial charge in [-0.15, -0.1) is 0 Å². The van der Waals surface area contributed by atoms with Crippen LogP contribution in [0, 0.1) is 0 Å². The van der Waals surface area contributed by atoms with Crippen molar-refractivity contribution in [2.24, 2.45) is 0 Å². The molecule has 1 saturated heterocycles. The third kappa shape index (κ3) is 3.70. The third-order valence-corrected chi connectivity index (χ3v) is 3.60. The van der Waals surface area contributed by atoms with Crippen LogP contribution in [0.2, 0.25) is 10.0 Å². The molecule has 1 aromatic carbocycles. The second kappa shape index (κ2) is 5.85. The molecule has 1 aromatic rings. The Morgan fingerprint density at radius 2 is 2.18 bits per heavy atom. The quantitative estimate of drug-likeness (QED) is 0.836. The van der Waals surface area contributed by atoms with Crippen LogP contribution in [0.25, 0.3) is 0 Å². The van der Waals surface area contributed by atoms with Gasteiger partial charge in [0.15, 0.2) is 0 Å². The van der Waals surface area contributed by atoms with Crippen LogP contribution in [0.15, 0.2) is 18.2 Å². The number of halogens is 2. The molecule has 1 fully saturated rings. The summed E-state index contributed by atoms with van der Waals surface area (Å²) in [5.41, 5.74) is 0.905. The van der Waals surface area contributed by atoms with E-state index >= 15 is 0 Å². The maximum Gasteiger partial charge on any atom is 0.139 e. The van der Waals surface area contributed by atoms with Crippen LogP contribution in [0.3, 0.4) is 0 Å². The predicted molar refractivity (Wildman–Crippen MR) is 68.8 cm³/mol. The van der Waals surface area contributed by atoms with Gasteiger partial charge in [-0.25, -0.2) is 0 Å². The van der Waals surface area contributed by atoms with Crippen molar-refractivity contribution in [1.29, 1.82) is 0 Å². The number of Topliss-reactive ketones (excluding diaryl/α,β-unsaturated/α-hetero) is 1. The summed E-state index contributed by atoms with van der Waals surface area (Å²) >= 11 is 11.7. The average Bonchev–Trinajstić information content (AvgIpc) is 2.76. The lowest BCUT2D eigenvalue weighted by Gasteiger charge is -2.08. The van der Waals surface area contributed by atoms with E-state index in [0.29, 0.717) is 22.9 Å². The SMILES string of the molecule is O=C(Cc1ccc(Cl)c(Cl)c1)CC1CCCO1. The zero-order valence-corrected chi connectivity index (χ0v) is 10.9. The van der Waals surface area contributed by atoms with Crippen molar-refractivity contribution >= 4 is 29.0 Å². The Morgan fingerprint density at radius 1 is 1.35 bits per heavy atom. The Labute approximate surface area is 111 Å². The highest BCUT2D eigenvalue weighted by Gasteiger charge is 2.19. The van der Waals surface area contributed by atoms with Gasteiger partial charge >= 0.3 is 0 Å². The van der Waals surface area contributed by atoms with E-state index in [1.165, 1.54) is 0 Å². The van der Waals surface area contributed by atoms with E-state index < -0.39 is 0 Å². The molecule has 2 rings (SSSR count). The first-order valence-corrected chi connectivity index (χ1v) is 6.48. The average molecular weight is 273 g/mol. The van der Waals surface area contributed by atoms with Gasteiger partial charge in [0.25, 0.3) is 0 Å². The highest BCUT2D eigenvalue weighted by atomic mass is 35.5. The van der Waals surface area contributed by atoms with E-state index in [0.717, 1.165) is 25.0 Å². The van der Waals surface area contributed by atoms with Crippen molar-refractivity contribution in [3.05, 3.63) is 33.8 Å². The summed E-state index contributed by atoms with van der Waals surface area (Å²) < 4.78 is 5.44. The number of benzene rings is 1. The Kier molecular flexibility index (Phi) is 4.43. The number of carbonyl (C=O) groups is 1. The summed E-state index contributed by atoms with van der Waals surface area (Å²) in [6.07, 6.45) is 3.07. The number of hydrogen-bond donors (Lipinski definition) is 0. The first-order chi connectivity index (χ1) is 8.15. The summed E-state index contributed by atoms with van der Waals surface area (Å²) in [6, 6.07) is 5.30. The summed E-state index contributed by atoms with van der Waals surface area (Å²) in [4.78, 5) is 11.8. The molecule has 4 heteroatoms. The highest BCUT2D eigenvalue weighted by Crippen LogP contribution is 2.23. The number of hydrogen-bond acceptors (Lipinski definition) is 2. The number of carbonyl (C=O) groups excluding carboxylic acids is 1. The van der Waals surface area contributed by atoms with E-state index in [2.05, 4.69) is 0 Å². The molecule has 0 bridgehead atoms. The van der Waals surface area contributed by atoms with E-state index in [-0.39, 0.29) is 11.9 Å². The predicted octanol–water partition coefficient (Wildman–Crippen LogP) is 3.67. The zero-order chi connectivity index (χ0) is 12.3. The lowest BCUT2D eigenvalue weighted by Crippen LogP contribution is -2.14. The minimum absolute atomic E-state index is 0.116. The van der Waals surface area contributed by atoms with Crippen molar-refractivity contribution in [1.82, 2.24) is 0 Å². The lowest BCUT2D eigenvalue weighted by molar-refractivity contribution is -0.120. The minimum Gasteiger partial charge on any atom is -0.378 e. The molecule has 2 nitrogen and oxygen atoms in total. The van der Waals surface area contributed by atoms with Crippen LogP contribution < -0.4 is 0 Å². The highest BCUT2D eigenvalue weighted by molar-refractivity contribution is 6.42. The van der Waals surface area contributed by atoms with E-state index in [9.17, 15) is 4.79 Å². The molecule has 1 atom stereocenters. The fraction of sp³-hybridized carbons (Fsp3) is 0.462. The van der Waals surface area contributed by atoms with Gasteiger partial charge in [-0.2, -0.15) is 0 Å². The minimum atomic E-state index is 0.116. The zero-order valence-electron chi connectivity index (χ0n) is 9.42. The molecule has 1 aliphatic rings. The monoisotopic (exact) mass is 272 g/mol. The summed E-state index contributed by atoms with van der Waals surface area (Å²) in [7, 11) is 0. The third-order valence-electron chi connectivity index (χ3n) is 2.86. The molecule has 17 heavy (non-hydrogen) atoms. The standard InChI is InChI=1S/C13H14Cl2O2/c14-12-4-3-9(7-13(12)15)6-10(16)8-11-2-1-5-17-11/h3-4,7,11H,1-2,5-6,8H2. The van der Waals surface area contributed by atoms with Gasteiger partial charge in [0.2, 0.25) is 0 Å². The molecule has 0 spiro atoms.